The Morgan fingerprint density at radius 2 is 1.66 bits per heavy atom. The molecule has 0 fully saturated rings. The van der Waals surface area contributed by atoms with Gasteiger partial charge in [-0.05, 0) is 72.5 Å². The van der Waals surface area contributed by atoms with E-state index in [2.05, 4.69) is 9.72 Å². The standard InChI is InChI=1S/C26H23FN2O5S/c1-17-3-12-24-20(13-17)14-21(25(30)28-24)16-29(15-18-4-8-22(27)9-5-18)35(32,33)23-10-6-19(7-11-23)26(31)34-2/h3-14H,15-16H2,1-2H3,(H,28,30). The summed E-state index contributed by atoms with van der Waals surface area (Å²) in [5.74, 6) is -1.03. The number of aromatic nitrogens is 1. The van der Waals surface area contributed by atoms with Crippen molar-refractivity contribution >= 4 is 26.9 Å². The van der Waals surface area contributed by atoms with Crippen LogP contribution in [0.3, 0.4) is 0 Å². The third-order valence-corrected chi connectivity index (χ3v) is 7.41. The lowest BCUT2D eigenvalue weighted by molar-refractivity contribution is 0.0600. The summed E-state index contributed by atoms with van der Waals surface area (Å²) in [5, 5.41) is 0.779. The van der Waals surface area contributed by atoms with Gasteiger partial charge in [-0.2, -0.15) is 4.31 Å². The lowest BCUT2D eigenvalue weighted by atomic mass is 10.1. The highest BCUT2D eigenvalue weighted by molar-refractivity contribution is 7.89. The number of ether oxygens (including phenoxy) is 1. The Hall–Kier alpha value is -3.82. The average Bonchev–Trinajstić information content (AvgIpc) is 2.85. The van der Waals surface area contributed by atoms with Crippen LogP contribution in [0.15, 0.2) is 82.5 Å². The molecule has 0 bridgehead atoms. The number of sulfonamides is 1. The van der Waals surface area contributed by atoms with Gasteiger partial charge in [0.1, 0.15) is 5.82 Å². The topological polar surface area (TPSA) is 96.5 Å². The van der Waals surface area contributed by atoms with E-state index in [9.17, 15) is 22.4 Å². The lowest BCUT2D eigenvalue weighted by Crippen LogP contribution is -2.32. The molecule has 4 rings (SSSR count). The Morgan fingerprint density at radius 1 is 0.971 bits per heavy atom. The molecule has 0 saturated carbocycles. The van der Waals surface area contributed by atoms with Crippen molar-refractivity contribution in [3.8, 4) is 0 Å². The molecule has 180 valence electrons. The number of carbonyl (C=O) groups is 1. The Kier molecular flexibility index (Phi) is 6.81. The number of pyridine rings is 1. The highest BCUT2D eigenvalue weighted by Gasteiger charge is 2.26. The maximum absolute atomic E-state index is 13.6. The minimum absolute atomic E-state index is 0.0553. The number of rotatable bonds is 7. The van der Waals surface area contributed by atoms with Crippen molar-refractivity contribution in [1.29, 1.82) is 0 Å². The smallest absolute Gasteiger partial charge is 0.337 e. The number of aromatic amines is 1. The van der Waals surface area contributed by atoms with Gasteiger partial charge in [0.2, 0.25) is 10.0 Å². The maximum Gasteiger partial charge on any atom is 0.337 e. The molecule has 1 heterocycles. The van der Waals surface area contributed by atoms with E-state index in [1.54, 1.807) is 12.1 Å². The second-order valence-electron chi connectivity index (χ2n) is 8.13. The van der Waals surface area contributed by atoms with Crippen molar-refractivity contribution in [3.63, 3.8) is 0 Å². The quantitative estimate of drug-likeness (QED) is 0.389. The Bertz CT molecular complexity index is 1550. The lowest BCUT2D eigenvalue weighted by Gasteiger charge is -2.22. The normalized spacial score (nSPS) is 11.7. The predicted molar refractivity (Wildman–Crippen MR) is 130 cm³/mol. The molecule has 1 N–H and O–H groups in total. The molecule has 9 heteroatoms. The number of hydrogen-bond acceptors (Lipinski definition) is 5. The molecule has 3 aromatic carbocycles. The number of halogens is 1. The van der Waals surface area contributed by atoms with Crippen molar-refractivity contribution in [2.45, 2.75) is 24.9 Å². The van der Waals surface area contributed by atoms with Crippen molar-refractivity contribution < 1.29 is 22.3 Å². The van der Waals surface area contributed by atoms with Gasteiger partial charge in [0.15, 0.2) is 0 Å². The van der Waals surface area contributed by atoms with Crippen LogP contribution < -0.4 is 5.56 Å². The number of fused-ring (bicyclic) bond motifs is 1. The van der Waals surface area contributed by atoms with Crippen LogP contribution in [-0.2, 0) is 27.8 Å². The maximum atomic E-state index is 13.6. The van der Waals surface area contributed by atoms with E-state index in [1.807, 2.05) is 19.1 Å². The minimum Gasteiger partial charge on any atom is -0.465 e. The monoisotopic (exact) mass is 494 g/mol. The third-order valence-electron chi connectivity index (χ3n) is 5.61. The SMILES string of the molecule is COC(=O)c1ccc(S(=O)(=O)N(Cc2ccc(F)cc2)Cc2cc3cc(C)ccc3[nH]c2=O)cc1. The second kappa shape index (κ2) is 9.81. The highest BCUT2D eigenvalue weighted by atomic mass is 32.2. The largest absolute Gasteiger partial charge is 0.465 e. The molecule has 0 amide bonds. The number of benzene rings is 3. The fourth-order valence-electron chi connectivity index (χ4n) is 3.73. The Labute approximate surface area is 201 Å². The van der Waals surface area contributed by atoms with Gasteiger partial charge in [-0.15, -0.1) is 0 Å². The van der Waals surface area contributed by atoms with E-state index in [0.29, 0.717) is 11.1 Å². The fraction of sp³-hybridized carbons (Fsp3) is 0.154. The molecule has 0 spiro atoms. The van der Waals surface area contributed by atoms with Gasteiger partial charge in [-0.25, -0.2) is 17.6 Å². The molecular weight excluding hydrogens is 471 g/mol. The number of carbonyl (C=O) groups excluding carboxylic acids is 1. The number of methoxy groups -OCH3 is 1. The molecule has 0 aliphatic carbocycles. The average molecular weight is 495 g/mol. The molecule has 0 atom stereocenters. The molecule has 1 aromatic heterocycles. The molecule has 0 saturated heterocycles. The van der Waals surface area contributed by atoms with Gasteiger partial charge in [0.25, 0.3) is 5.56 Å². The molecule has 0 radical (unpaired) electrons. The molecule has 35 heavy (non-hydrogen) atoms. The molecular formula is C26H23FN2O5S. The van der Waals surface area contributed by atoms with Crippen LogP contribution in [0.1, 0.15) is 27.0 Å². The van der Waals surface area contributed by atoms with Crippen molar-refractivity contribution in [1.82, 2.24) is 9.29 Å². The van der Waals surface area contributed by atoms with Crippen LogP contribution in [0.4, 0.5) is 4.39 Å². The summed E-state index contributed by atoms with van der Waals surface area (Å²) in [6, 6.07) is 18.1. The molecule has 0 unspecified atom stereocenters. The van der Waals surface area contributed by atoms with Crippen molar-refractivity contribution in [2.75, 3.05) is 7.11 Å². The Morgan fingerprint density at radius 3 is 2.31 bits per heavy atom. The second-order valence-corrected chi connectivity index (χ2v) is 10.1. The Balaban J connectivity index is 1.75. The molecule has 7 nitrogen and oxygen atoms in total. The number of esters is 1. The van der Waals surface area contributed by atoms with Crippen LogP contribution in [0.5, 0.6) is 0 Å². The van der Waals surface area contributed by atoms with Gasteiger partial charge < -0.3 is 9.72 Å². The first-order valence-electron chi connectivity index (χ1n) is 10.7. The van der Waals surface area contributed by atoms with Gasteiger partial charge in [0.05, 0.1) is 17.6 Å². The van der Waals surface area contributed by atoms with Crippen LogP contribution >= 0.6 is 0 Å². The number of hydrogen-bond donors (Lipinski definition) is 1. The zero-order chi connectivity index (χ0) is 25.2. The van der Waals surface area contributed by atoms with E-state index < -0.39 is 27.4 Å². The van der Waals surface area contributed by atoms with E-state index in [1.165, 1.54) is 55.6 Å². The van der Waals surface area contributed by atoms with Crippen molar-refractivity contribution in [2.24, 2.45) is 0 Å². The van der Waals surface area contributed by atoms with Crippen molar-refractivity contribution in [3.05, 3.63) is 111 Å². The third kappa shape index (κ3) is 5.31. The van der Waals surface area contributed by atoms with Gasteiger partial charge >= 0.3 is 5.97 Å². The summed E-state index contributed by atoms with van der Waals surface area (Å²) in [5.41, 5.74) is 2.27. The number of H-pyrrole nitrogens is 1. The highest BCUT2D eigenvalue weighted by Crippen LogP contribution is 2.23. The fourth-order valence-corrected chi connectivity index (χ4v) is 5.13. The molecule has 4 aromatic rings. The van der Waals surface area contributed by atoms with Crippen LogP contribution in [0.25, 0.3) is 10.9 Å². The van der Waals surface area contributed by atoms with Crippen LogP contribution in [0.2, 0.25) is 0 Å². The van der Waals surface area contributed by atoms with E-state index in [-0.39, 0.29) is 29.1 Å². The number of aryl methyl sites for hydroxylation is 1. The summed E-state index contributed by atoms with van der Waals surface area (Å²) in [4.78, 5) is 27.3. The summed E-state index contributed by atoms with van der Waals surface area (Å²) in [6.07, 6.45) is 0. The van der Waals surface area contributed by atoms with Gasteiger partial charge in [0, 0.05) is 24.2 Å². The first-order chi connectivity index (χ1) is 16.7. The van der Waals surface area contributed by atoms with Gasteiger partial charge in [-0.3, -0.25) is 4.79 Å². The summed E-state index contributed by atoms with van der Waals surface area (Å²) < 4.78 is 46.5. The minimum atomic E-state index is -4.10. The van der Waals surface area contributed by atoms with Crippen LogP contribution in [-0.4, -0.2) is 30.8 Å². The van der Waals surface area contributed by atoms with Crippen LogP contribution in [0, 0.1) is 12.7 Å². The first kappa shape index (κ1) is 24.3. The number of nitrogens with one attached hydrogen (secondary N) is 1. The molecule has 0 aliphatic rings. The molecule has 0 aliphatic heterocycles. The zero-order valence-electron chi connectivity index (χ0n) is 19.1. The number of nitrogens with zero attached hydrogens (tertiary/aromatic N) is 1. The first-order valence-corrected chi connectivity index (χ1v) is 12.2. The van der Waals surface area contributed by atoms with E-state index >= 15 is 0 Å². The summed E-state index contributed by atoms with van der Waals surface area (Å²) in [6.45, 7) is 1.62. The van der Waals surface area contributed by atoms with Gasteiger partial charge in [-0.1, -0.05) is 23.8 Å². The zero-order valence-corrected chi connectivity index (χ0v) is 19.9. The van der Waals surface area contributed by atoms with E-state index in [0.717, 1.165) is 15.3 Å². The summed E-state index contributed by atoms with van der Waals surface area (Å²) in [7, 11) is -2.86. The van der Waals surface area contributed by atoms with E-state index in [4.69, 9.17) is 0 Å². The summed E-state index contributed by atoms with van der Waals surface area (Å²) >= 11 is 0. The predicted octanol–water partition coefficient (Wildman–Crippen LogP) is 4.15.